The van der Waals surface area contributed by atoms with E-state index in [0.29, 0.717) is 19.5 Å². The first-order valence-electron chi connectivity index (χ1n) is 8.08. The van der Waals surface area contributed by atoms with E-state index in [1.807, 2.05) is 11.9 Å². The largest absolute Gasteiger partial charge is 0.391 e. The molecule has 0 spiro atoms. The summed E-state index contributed by atoms with van der Waals surface area (Å²) in [5, 5.41) is 12.0. The van der Waals surface area contributed by atoms with Crippen molar-refractivity contribution in [3.8, 4) is 0 Å². The Bertz CT molecular complexity index is 482. The highest BCUT2D eigenvalue weighted by atomic mass is 16.3. The molecule has 0 aromatic heterocycles. The number of nitrogens with zero attached hydrogens (tertiary/aromatic N) is 2. The van der Waals surface area contributed by atoms with Crippen LogP contribution in [0.3, 0.4) is 0 Å². The van der Waals surface area contributed by atoms with E-state index in [2.05, 4.69) is 5.32 Å². The number of primary amides is 1. The van der Waals surface area contributed by atoms with Crippen molar-refractivity contribution in [2.45, 2.75) is 44.4 Å². The molecule has 8 nitrogen and oxygen atoms in total. The fourth-order valence-corrected chi connectivity index (χ4v) is 3.31. The maximum atomic E-state index is 12.5. The van der Waals surface area contributed by atoms with Crippen LogP contribution in [0.5, 0.6) is 0 Å². The Morgan fingerprint density at radius 1 is 1.26 bits per heavy atom. The lowest BCUT2D eigenvalue weighted by atomic mass is 10.1. The van der Waals surface area contributed by atoms with Gasteiger partial charge in [-0.3, -0.25) is 19.3 Å². The topological polar surface area (TPSA) is 116 Å². The monoisotopic (exact) mass is 326 g/mol. The molecule has 0 saturated carbocycles. The van der Waals surface area contributed by atoms with Crippen molar-refractivity contribution in [3.05, 3.63) is 0 Å². The normalized spacial score (nSPS) is 27.7. The van der Waals surface area contributed by atoms with Gasteiger partial charge in [0.1, 0.15) is 6.04 Å². The van der Waals surface area contributed by atoms with E-state index in [1.165, 1.54) is 6.92 Å². The Kier molecular flexibility index (Phi) is 5.59. The molecule has 4 N–H and O–H groups in total. The van der Waals surface area contributed by atoms with Gasteiger partial charge in [0.15, 0.2) is 0 Å². The van der Waals surface area contributed by atoms with Crippen LogP contribution in [0, 0.1) is 5.92 Å². The van der Waals surface area contributed by atoms with E-state index >= 15 is 0 Å². The number of likely N-dealkylation sites (tertiary alicyclic amines) is 2. The molecule has 0 aliphatic carbocycles. The van der Waals surface area contributed by atoms with Crippen molar-refractivity contribution < 1.29 is 19.5 Å². The molecule has 130 valence electrons. The van der Waals surface area contributed by atoms with Crippen LogP contribution in [0.15, 0.2) is 0 Å². The molecule has 0 aromatic rings. The molecule has 8 heteroatoms. The zero-order valence-corrected chi connectivity index (χ0v) is 13.7. The molecule has 2 heterocycles. The molecule has 23 heavy (non-hydrogen) atoms. The second-order valence-corrected chi connectivity index (χ2v) is 6.54. The number of carbonyl (C=O) groups is 3. The standard InChI is InChI=1S/C15H26N4O4/c1-9(20)12(13(16)21)17-14(22)10-5-7-19(8-10)15(23)11-4-3-6-18(11)2/h9-12,20H,3-8H2,1-2H3,(H2,16,21)(H,17,22)/t9-,10-,11-,12+/m1/s1. The number of rotatable bonds is 5. The van der Waals surface area contributed by atoms with E-state index < -0.39 is 18.1 Å². The minimum absolute atomic E-state index is 0.0716. The van der Waals surface area contributed by atoms with Crippen molar-refractivity contribution in [2.75, 3.05) is 26.7 Å². The first-order valence-corrected chi connectivity index (χ1v) is 8.08. The van der Waals surface area contributed by atoms with Crippen LogP contribution in [0.25, 0.3) is 0 Å². The summed E-state index contributed by atoms with van der Waals surface area (Å²) >= 11 is 0. The Morgan fingerprint density at radius 3 is 2.48 bits per heavy atom. The van der Waals surface area contributed by atoms with Gasteiger partial charge in [-0.1, -0.05) is 0 Å². The van der Waals surface area contributed by atoms with Gasteiger partial charge in [0.2, 0.25) is 17.7 Å². The SMILES string of the molecule is C[C@@H](O)[C@H](NC(=O)[C@@H]1CCN(C(=O)[C@H]2CCCN2C)C1)C(N)=O. The third-order valence-corrected chi connectivity index (χ3v) is 4.76. The van der Waals surface area contributed by atoms with Gasteiger partial charge in [-0.2, -0.15) is 0 Å². The van der Waals surface area contributed by atoms with Crippen LogP contribution in [0.4, 0.5) is 0 Å². The fourth-order valence-electron chi connectivity index (χ4n) is 3.31. The maximum absolute atomic E-state index is 12.5. The van der Waals surface area contributed by atoms with Gasteiger partial charge >= 0.3 is 0 Å². The predicted octanol–water partition coefficient (Wildman–Crippen LogP) is -1.72. The van der Waals surface area contributed by atoms with Crippen LogP contribution in [0.2, 0.25) is 0 Å². The Morgan fingerprint density at radius 2 is 1.96 bits per heavy atom. The quantitative estimate of drug-likeness (QED) is 0.556. The van der Waals surface area contributed by atoms with Gasteiger partial charge in [-0.25, -0.2) is 0 Å². The first-order chi connectivity index (χ1) is 10.8. The number of carbonyl (C=O) groups excluding carboxylic acids is 3. The van der Waals surface area contributed by atoms with Gasteiger partial charge in [0, 0.05) is 13.1 Å². The van der Waals surface area contributed by atoms with E-state index in [0.717, 1.165) is 19.4 Å². The van der Waals surface area contributed by atoms with Gasteiger partial charge in [0.25, 0.3) is 0 Å². The zero-order chi connectivity index (χ0) is 17.1. The molecule has 2 aliphatic heterocycles. The van der Waals surface area contributed by atoms with Crippen molar-refractivity contribution in [3.63, 3.8) is 0 Å². The lowest BCUT2D eigenvalue weighted by molar-refractivity contribution is -0.135. The zero-order valence-electron chi connectivity index (χ0n) is 13.7. The molecule has 2 saturated heterocycles. The van der Waals surface area contributed by atoms with E-state index in [1.54, 1.807) is 4.90 Å². The summed E-state index contributed by atoms with van der Waals surface area (Å²) in [6, 6.07) is -1.19. The van der Waals surface area contributed by atoms with Gasteiger partial charge in [0.05, 0.1) is 18.1 Å². The minimum atomic E-state index is -1.10. The minimum Gasteiger partial charge on any atom is -0.391 e. The smallest absolute Gasteiger partial charge is 0.242 e. The number of hydrogen-bond donors (Lipinski definition) is 3. The second kappa shape index (κ2) is 7.27. The molecule has 3 amide bonds. The van der Waals surface area contributed by atoms with Crippen LogP contribution in [-0.4, -0.2) is 77.5 Å². The molecular formula is C15H26N4O4. The number of hydrogen-bond acceptors (Lipinski definition) is 5. The third-order valence-electron chi connectivity index (χ3n) is 4.76. The highest BCUT2D eigenvalue weighted by molar-refractivity contribution is 5.89. The summed E-state index contributed by atoms with van der Waals surface area (Å²) in [5.41, 5.74) is 5.17. The van der Waals surface area contributed by atoms with Crippen molar-refractivity contribution >= 4 is 17.7 Å². The molecule has 2 fully saturated rings. The number of likely N-dealkylation sites (N-methyl/N-ethyl adjacent to an activating group) is 1. The molecule has 0 unspecified atom stereocenters. The van der Waals surface area contributed by atoms with Crippen molar-refractivity contribution in [1.29, 1.82) is 0 Å². The summed E-state index contributed by atoms with van der Waals surface area (Å²) in [6.45, 7) is 3.20. The van der Waals surface area contributed by atoms with Crippen LogP contribution >= 0.6 is 0 Å². The van der Waals surface area contributed by atoms with Crippen LogP contribution in [-0.2, 0) is 14.4 Å². The molecular weight excluding hydrogens is 300 g/mol. The average Bonchev–Trinajstić information content (AvgIpc) is 3.11. The number of nitrogens with two attached hydrogens (primary N) is 1. The number of aliphatic hydroxyl groups excluding tert-OH is 1. The third kappa shape index (κ3) is 4.00. The molecule has 0 aromatic carbocycles. The Balaban J connectivity index is 1.90. The summed E-state index contributed by atoms with van der Waals surface area (Å²) in [6.07, 6.45) is 1.37. The molecule has 0 bridgehead atoms. The summed E-state index contributed by atoms with van der Waals surface area (Å²) in [4.78, 5) is 39.8. The summed E-state index contributed by atoms with van der Waals surface area (Å²) < 4.78 is 0. The number of aliphatic hydroxyl groups is 1. The van der Waals surface area contributed by atoms with Gasteiger partial charge in [-0.15, -0.1) is 0 Å². The Labute approximate surface area is 136 Å². The second-order valence-electron chi connectivity index (χ2n) is 6.54. The van der Waals surface area contributed by atoms with E-state index in [9.17, 15) is 19.5 Å². The van der Waals surface area contributed by atoms with E-state index in [-0.39, 0.29) is 23.8 Å². The molecule has 2 rings (SSSR count). The fraction of sp³-hybridized carbons (Fsp3) is 0.800. The lowest BCUT2D eigenvalue weighted by Crippen LogP contribution is -2.52. The van der Waals surface area contributed by atoms with Crippen LogP contribution in [0.1, 0.15) is 26.2 Å². The average molecular weight is 326 g/mol. The van der Waals surface area contributed by atoms with Gasteiger partial charge in [-0.05, 0) is 39.8 Å². The maximum Gasteiger partial charge on any atom is 0.242 e. The van der Waals surface area contributed by atoms with E-state index in [4.69, 9.17) is 5.73 Å². The highest BCUT2D eigenvalue weighted by Gasteiger charge is 2.38. The number of amides is 3. The van der Waals surface area contributed by atoms with Crippen molar-refractivity contribution in [1.82, 2.24) is 15.1 Å². The van der Waals surface area contributed by atoms with Gasteiger partial charge < -0.3 is 21.1 Å². The predicted molar refractivity (Wildman–Crippen MR) is 83.1 cm³/mol. The molecule has 0 radical (unpaired) electrons. The van der Waals surface area contributed by atoms with Crippen molar-refractivity contribution in [2.24, 2.45) is 11.7 Å². The first kappa shape index (κ1) is 17.7. The summed E-state index contributed by atoms with van der Waals surface area (Å²) in [7, 11) is 1.94. The Hall–Kier alpha value is -1.67. The lowest BCUT2D eigenvalue weighted by Gasteiger charge is -2.25. The highest BCUT2D eigenvalue weighted by Crippen LogP contribution is 2.22. The summed E-state index contributed by atoms with van der Waals surface area (Å²) in [5.74, 6) is -1.41. The molecule has 2 aliphatic rings. The van der Waals surface area contributed by atoms with Crippen LogP contribution < -0.4 is 11.1 Å². The molecule has 4 atom stereocenters. The number of nitrogens with one attached hydrogen (secondary N) is 1.